The summed E-state index contributed by atoms with van der Waals surface area (Å²) in [5.41, 5.74) is 0.557. The summed E-state index contributed by atoms with van der Waals surface area (Å²) in [5.74, 6) is -0.870. The van der Waals surface area contributed by atoms with E-state index in [-0.39, 0.29) is 18.2 Å². The molecule has 1 aromatic rings. The van der Waals surface area contributed by atoms with Gasteiger partial charge < -0.3 is 10.0 Å². The van der Waals surface area contributed by atoms with Crippen LogP contribution in [-0.4, -0.2) is 28.6 Å². The molecule has 6 nitrogen and oxygen atoms in total. The Balaban J connectivity index is 2.30. The minimum Gasteiger partial charge on any atom is -0.481 e. The van der Waals surface area contributed by atoms with Gasteiger partial charge in [-0.3, -0.25) is 14.9 Å². The molecule has 1 heterocycles. The van der Waals surface area contributed by atoms with Gasteiger partial charge >= 0.3 is 5.97 Å². The summed E-state index contributed by atoms with van der Waals surface area (Å²) in [6.07, 6.45) is 1.65. The van der Waals surface area contributed by atoms with Gasteiger partial charge in [0, 0.05) is 18.7 Å². The van der Waals surface area contributed by atoms with Gasteiger partial charge in [0.15, 0.2) is 0 Å². The van der Waals surface area contributed by atoms with E-state index in [4.69, 9.17) is 5.11 Å². The van der Waals surface area contributed by atoms with E-state index in [9.17, 15) is 14.9 Å². The van der Waals surface area contributed by atoms with E-state index >= 15 is 0 Å². The van der Waals surface area contributed by atoms with Gasteiger partial charge in [0.25, 0.3) is 5.69 Å². The van der Waals surface area contributed by atoms with Crippen molar-refractivity contribution in [3.63, 3.8) is 0 Å². The summed E-state index contributed by atoms with van der Waals surface area (Å²) in [6.45, 7) is 0.669. The van der Waals surface area contributed by atoms with E-state index in [0.29, 0.717) is 12.2 Å². The fourth-order valence-corrected chi connectivity index (χ4v) is 2.43. The molecule has 1 aliphatic heterocycles. The summed E-state index contributed by atoms with van der Waals surface area (Å²) in [6, 6.07) is 6.33. The first-order valence-electron chi connectivity index (χ1n) is 5.81. The molecule has 6 heteroatoms. The van der Waals surface area contributed by atoms with Crippen LogP contribution in [0, 0.1) is 10.1 Å². The molecule has 0 aromatic heterocycles. The van der Waals surface area contributed by atoms with E-state index in [1.165, 1.54) is 6.07 Å². The van der Waals surface area contributed by atoms with Crippen molar-refractivity contribution in [2.75, 3.05) is 11.4 Å². The Morgan fingerprint density at radius 1 is 1.50 bits per heavy atom. The van der Waals surface area contributed by atoms with Gasteiger partial charge in [-0.25, -0.2) is 0 Å². The summed E-state index contributed by atoms with van der Waals surface area (Å²) in [4.78, 5) is 23.2. The molecule has 1 saturated heterocycles. The van der Waals surface area contributed by atoms with Crippen molar-refractivity contribution in [1.82, 2.24) is 0 Å². The number of para-hydroxylation sites is 2. The quantitative estimate of drug-likeness (QED) is 0.653. The Kier molecular flexibility index (Phi) is 3.45. The fourth-order valence-electron chi connectivity index (χ4n) is 2.43. The maximum absolute atomic E-state index is 11.0. The third-order valence-corrected chi connectivity index (χ3v) is 3.18. The van der Waals surface area contributed by atoms with Gasteiger partial charge in [0.2, 0.25) is 0 Å². The lowest BCUT2D eigenvalue weighted by molar-refractivity contribution is -0.384. The number of carbonyl (C=O) groups is 1. The van der Waals surface area contributed by atoms with Crippen molar-refractivity contribution in [1.29, 1.82) is 0 Å². The highest BCUT2D eigenvalue weighted by Crippen LogP contribution is 2.34. The standard InChI is InChI=1S/C12H14N2O4/c15-12(16)8-9-4-3-7-13(9)10-5-1-2-6-11(10)14(17)18/h1-2,5-6,9H,3-4,7-8H2,(H,15,16). The SMILES string of the molecule is O=C(O)CC1CCCN1c1ccccc1[N+](=O)[O-]. The number of rotatable bonds is 4. The average Bonchev–Trinajstić information content (AvgIpc) is 2.76. The van der Waals surface area contributed by atoms with Crippen molar-refractivity contribution in [3.8, 4) is 0 Å². The van der Waals surface area contributed by atoms with E-state index < -0.39 is 10.9 Å². The molecule has 1 atom stereocenters. The summed E-state index contributed by atoms with van der Waals surface area (Å²) in [5, 5.41) is 19.8. The van der Waals surface area contributed by atoms with Gasteiger partial charge in [-0.15, -0.1) is 0 Å². The number of nitro benzene ring substituents is 1. The molecule has 18 heavy (non-hydrogen) atoms. The van der Waals surface area contributed by atoms with Gasteiger partial charge in [0.1, 0.15) is 5.69 Å². The first-order valence-corrected chi connectivity index (χ1v) is 5.81. The number of carboxylic acids is 1. The van der Waals surface area contributed by atoms with Crippen LogP contribution in [0.1, 0.15) is 19.3 Å². The maximum atomic E-state index is 11.0. The Morgan fingerprint density at radius 3 is 2.89 bits per heavy atom. The molecule has 0 bridgehead atoms. The highest BCUT2D eigenvalue weighted by Gasteiger charge is 2.30. The second-order valence-electron chi connectivity index (χ2n) is 4.33. The molecular formula is C12H14N2O4. The maximum Gasteiger partial charge on any atom is 0.305 e. The highest BCUT2D eigenvalue weighted by molar-refractivity contribution is 5.70. The Labute approximate surface area is 104 Å². The predicted octanol–water partition coefficient (Wildman–Crippen LogP) is 2.04. The number of hydrogen-bond acceptors (Lipinski definition) is 4. The van der Waals surface area contributed by atoms with Crippen LogP contribution in [0.3, 0.4) is 0 Å². The van der Waals surface area contributed by atoms with Gasteiger partial charge in [0.05, 0.1) is 11.3 Å². The lowest BCUT2D eigenvalue weighted by atomic mass is 10.1. The van der Waals surface area contributed by atoms with E-state index in [0.717, 1.165) is 12.8 Å². The largest absolute Gasteiger partial charge is 0.481 e. The second kappa shape index (κ2) is 5.03. The van der Waals surface area contributed by atoms with Crippen LogP contribution in [-0.2, 0) is 4.79 Å². The number of carboxylic acid groups (broad SMARTS) is 1. The van der Waals surface area contributed by atoms with Crippen molar-refractivity contribution < 1.29 is 14.8 Å². The molecule has 96 valence electrons. The molecule has 0 aliphatic carbocycles. The molecule has 0 radical (unpaired) electrons. The number of benzene rings is 1. The van der Waals surface area contributed by atoms with Crippen LogP contribution in [0.5, 0.6) is 0 Å². The first kappa shape index (κ1) is 12.3. The molecule has 1 aromatic carbocycles. The minimum atomic E-state index is -0.870. The van der Waals surface area contributed by atoms with Gasteiger partial charge in [-0.05, 0) is 18.9 Å². The zero-order valence-electron chi connectivity index (χ0n) is 9.78. The fraction of sp³-hybridized carbons (Fsp3) is 0.417. The zero-order chi connectivity index (χ0) is 13.1. The summed E-state index contributed by atoms with van der Waals surface area (Å²) >= 11 is 0. The van der Waals surface area contributed by atoms with Crippen LogP contribution < -0.4 is 4.90 Å². The van der Waals surface area contributed by atoms with Crippen LogP contribution in [0.25, 0.3) is 0 Å². The van der Waals surface area contributed by atoms with Crippen LogP contribution in [0.4, 0.5) is 11.4 Å². The molecular weight excluding hydrogens is 236 g/mol. The smallest absolute Gasteiger partial charge is 0.305 e. The highest BCUT2D eigenvalue weighted by atomic mass is 16.6. The molecule has 0 saturated carbocycles. The Morgan fingerprint density at radius 2 is 2.22 bits per heavy atom. The second-order valence-corrected chi connectivity index (χ2v) is 4.33. The summed E-state index contributed by atoms with van der Waals surface area (Å²) < 4.78 is 0. The minimum absolute atomic E-state index is 0.0199. The van der Waals surface area contributed by atoms with Crippen molar-refractivity contribution >= 4 is 17.3 Å². The third-order valence-electron chi connectivity index (χ3n) is 3.18. The molecule has 1 aliphatic rings. The normalized spacial score (nSPS) is 18.9. The lowest BCUT2D eigenvalue weighted by Gasteiger charge is -2.25. The zero-order valence-corrected chi connectivity index (χ0v) is 9.78. The number of anilines is 1. The van der Waals surface area contributed by atoms with Crippen LogP contribution in [0.2, 0.25) is 0 Å². The summed E-state index contributed by atoms with van der Waals surface area (Å²) in [7, 11) is 0. The molecule has 0 amide bonds. The topological polar surface area (TPSA) is 83.7 Å². The molecule has 2 rings (SSSR count). The average molecular weight is 250 g/mol. The van der Waals surface area contributed by atoms with Crippen LogP contribution >= 0.6 is 0 Å². The number of aliphatic carboxylic acids is 1. The van der Waals surface area contributed by atoms with E-state index in [1.807, 2.05) is 4.90 Å². The molecule has 1 N–H and O–H groups in total. The van der Waals surface area contributed by atoms with Crippen molar-refractivity contribution in [2.45, 2.75) is 25.3 Å². The number of hydrogen-bond donors (Lipinski definition) is 1. The Hall–Kier alpha value is -2.11. The lowest BCUT2D eigenvalue weighted by Crippen LogP contribution is -2.31. The van der Waals surface area contributed by atoms with Gasteiger partial charge in [-0.2, -0.15) is 0 Å². The van der Waals surface area contributed by atoms with E-state index in [1.54, 1.807) is 18.2 Å². The van der Waals surface area contributed by atoms with E-state index in [2.05, 4.69) is 0 Å². The molecule has 1 unspecified atom stereocenters. The first-order chi connectivity index (χ1) is 8.59. The van der Waals surface area contributed by atoms with Gasteiger partial charge in [-0.1, -0.05) is 12.1 Å². The number of nitro groups is 1. The predicted molar refractivity (Wildman–Crippen MR) is 65.7 cm³/mol. The molecule has 1 fully saturated rings. The van der Waals surface area contributed by atoms with Crippen LogP contribution in [0.15, 0.2) is 24.3 Å². The molecule has 0 spiro atoms. The van der Waals surface area contributed by atoms with Crippen molar-refractivity contribution in [2.24, 2.45) is 0 Å². The number of nitrogens with zero attached hydrogens (tertiary/aromatic N) is 2. The van der Waals surface area contributed by atoms with Crippen molar-refractivity contribution in [3.05, 3.63) is 34.4 Å². The third kappa shape index (κ3) is 2.42. The Bertz CT molecular complexity index is 475. The monoisotopic (exact) mass is 250 g/mol.